The number of benzene rings is 1. The van der Waals surface area contributed by atoms with Gasteiger partial charge < -0.3 is 14.6 Å². The van der Waals surface area contributed by atoms with E-state index in [1.807, 2.05) is 17.5 Å². The van der Waals surface area contributed by atoms with Crippen LogP contribution in [0.1, 0.15) is 22.2 Å². The van der Waals surface area contributed by atoms with Crippen molar-refractivity contribution in [1.82, 2.24) is 9.88 Å². The molecule has 118 valence electrons. The quantitative estimate of drug-likeness (QED) is 0.780. The van der Waals surface area contributed by atoms with Crippen molar-refractivity contribution in [2.45, 2.75) is 6.10 Å². The third-order valence-electron chi connectivity index (χ3n) is 4.07. The Morgan fingerprint density at radius 3 is 2.91 bits per heavy atom. The van der Waals surface area contributed by atoms with Gasteiger partial charge in [0.05, 0.1) is 23.4 Å². The van der Waals surface area contributed by atoms with Crippen LogP contribution < -0.4 is 0 Å². The second-order valence-electron chi connectivity index (χ2n) is 5.54. The van der Waals surface area contributed by atoms with Gasteiger partial charge in [0.2, 0.25) is 0 Å². The molecule has 2 aromatic heterocycles. The fraction of sp³-hybridized carbons (Fsp3) is 0.235. The second kappa shape index (κ2) is 5.79. The summed E-state index contributed by atoms with van der Waals surface area (Å²) in [7, 11) is 0. The number of nitrogens with one attached hydrogen (secondary N) is 1. The number of amides is 1. The fourth-order valence-corrected chi connectivity index (χ4v) is 3.63. The van der Waals surface area contributed by atoms with E-state index in [1.54, 1.807) is 28.4 Å². The summed E-state index contributed by atoms with van der Waals surface area (Å²) in [6, 6.07) is 10.1. The number of H-pyrrole nitrogens is 1. The molecule has 1 fully saturated rings. The van der Waals surface area contributed by atoms with Crippen LogP contribution in [-0.4, -0.2) is 35.5 Å². The van der Waals surface area contributed by atoms with Gasteiger partial charge in [-0.15, -0.1) is 11.3 Å². The lowest BCUT2D eigenvalue weighted by Gasteiger charge is -2.33. The Morgan fingerprint density at radius 2 is 2.13 bits per heavy atom. The molecule has 1 N–H and O–H groups in total. The average molecular weight is 330 g/mol. The van der Waals surface area contributed by atoms with Crippen LogP contribution in [0, 0.1) is 5.82 Å². The summed E-state index contributed by atoms with van der Waals surface area (Å²) in [6.45, 7) is 1.50. The normalized spacial score (nSPS) is 18.5. The standard InChI is InChI=1S/C17H15FN2O2S/c18-12-3-1-11(2-4-12)15-10-20(6-7-22-15)17(21)14-9-16-13(19-14)5-8-23-16/h1-5,8-9,15,19H,6-7,10H2/t15-/m1/s1. The lowest BCUT2D eigenvalue weighted by atomic mass is 10.1. The molecule has 23 heavy (non-hydrogen) atoms. The zero-order valence-electron chi connectivity index (χ0n) is 12.3. The van der Waals surface area contributed by atoms with E-state index in [9.17, 15) is 9.18 Å². The highest BCUT2D eigenvalue weighted by molar-refractivity contribution is 7.17. The van der Waals surface area contributed by atoms with Crippen molar-refractivity contribution in [3.05, 3.63) is 58.9 Å². The maximum atomic E-state index is 13.0. The van der Waals surface area contributed by atoms with E-state index in [0.717, 1.165) is 15.8 Å². The highest BCUT2D eigenvalue weighted by atomic mass is 32.1. The summed E-state index contributed by atoms with van der Waals surface area (Å²) in [5.41, 5.74) is 2.48. The van der Waals surface area contributed by atoms with Gasteiger partial charge in [0, 0.05) is 6.54 Å². The highest BCUT2D eigenvalue weighted by Crippen LogP contribution is 2.25. The number of halogens is 1. The second-order valence-corrected chi connectivity index (χ2v) is 6.49. The van der Waals surface area contributed by atoms with E-state index in [-0.39, 0.29) is 17.8 Å². The van der Waals surface area contributed by atoms with Gasteiger partial charge in [0.25, 0.3) is 5.91 Å². The van der Waals surface area contributed by atoms with Gasteiger partial charge in [-0.05, 0) is 35.2 Å². The molecule has 0 aliphatic carbocycles. The number of ether oxygens (including phenoxy) is 1. The van der Waals surface area contributed by atoms with E-state index in [1.165, 1.54) is 12.1 Å². The molecule has 0 saturated carbocycles. The van der Waals surface area contributed by atoms with Crippen LogP contribution in [0.15, 0.2) is 41.8 Å². The molecule has 1 saturated heterocycles. The molecule has 1 atom stereocenters. The number of hydrogen-bond acceptors (Lipinski definition) is 3. The maximum absolute atomic E-state index is 13.0. The first kappa shape index (κ1) is 14.4. The Bertz CT molecular complexity index is 811. The summed E-state index contributed by atoms with van der Waals surface area (Å²) in [4.78, 5) is 17.6. The van der Waals surface area contributed by atoms with Crippen LogP contribution in [0.4, 0.5) is 4.39 Å². The van der Waals surface area contributed by atoms with Gasteiger partial charge in [0.1, 0.15) is 17.6 Å². The molecule has 0 spiro atoms. The number of hydrogen-bond donors (Lipinski definition) is 1. The Labute approximate surface area is 136 Å². The minimum atomic E-state index is -0.274. The number of fused-ring (bicyclic) bond motifs is 1. The van der Waals surface area contributed by atoms with E-state index in [2.05, 4.69) is 4.98 Å². The number of aromatic amines is 1. The molecular weight excluding hydrogens is 315 g/mol. The molecule has 3 heterocycles. The van der Waals surface area contributed by atoms with Gasteiger partial charge in [-0.3, -0.25) is 4.79 Å². The Morgan fingerprint density at radius 1 is 1.30 bits per heavy atom. The zero-order chi connectivity index (χ0) is 15.8. The molecule has 0 radical (unpaired) electrons. The number of morpholine rings is 1. The van der Waals surface area contributed by atoms with Crippen LogP contribution in [0.25, 0.3) is 10.2 Å². The first-order chi connectivity index (χ1) is 11.2. The SMILES string of the molecule is O=C(c1cc2sccc2[nH]1)N1CCO[C@@H](c2ccc(F)cc2)C1. The first-order valence-corrected chi connectivity index (χ1v) is 8.31. The number of rotatable bonds is 2. The Hall–Kier alpha value is -2.18. The smallest absolute Gasteiger partial charge is 0.270 e. The van der Waals surface area contributed by atoms with Gasteiger partial charge >= 0.3 is 0 Å². The molecule has 3 aromatic rings. The van der Waals surface area contributed by atoms with Crippen LogP contribution in [0.5, 0.6) is 0 Å². The van der Waals surface area contributed by atoms with Crippen molar-refractivity contribution < 1.29 is 13.9 Å². The monoisotopic (exact) mass is 330 g/mol. The number of carbonyl (C=O) groups excluding carboxylic acids is 1. The average Bonchev–Trinajstić information content (AvgIpc) is 3.16. The lowest BCUT2D eigenvalue weighted by Crippen LogP contribution is -2.42. The van der Waals surface area contributed by atoms with Crippen molar-refractivity contribution >= 4 is 27.5 Å². The number of thiophene rings is 1. The molecule has 6 heteroatoms. The zero-order valence-corrected chi connectivity index (χ0v) is 13.1. The van der Waals surface area contributed by atoms with E-state index >= 15 is 0 Å². The molecular formula is C17H15FN2O2S. The van der Waals surface area contributed by atoms with Gasteiger partial charge in [-0.25, -0.2) is 4.39 Å². The lowest BCUT2D eigenvalue weighted by molar-refractivity contribution is -0.0230. The summed E-state index contributed by atoms with van der Waals surface area (Å²) in [5, 5.41) is 1.99. The Kier molecular flexibility index (Phi) is 3.63. The summed E-state index contributed by atoms with van der Waals surface area (Å²) in [6.07, 6.45) is -0.218. The number of aromatic nitrogens is 1. The third kappa shape index (κ3) is 2.75. The van der Waals surface area contributed by atoms with Crippen LogP contribution >= 0.6 is 11.3 Å². The molecule has 1 aliphatic rings. The summed E-state index contributed by atoms with van der Waals surface area (Å²) in [5.74, 6) is -0.298. The van der Waals surface area contributed by atoms with Crippen molar-refractivity contribution in [1.29, 1.82) is 0 Å². The summed E-state index contributed by atoms with van der Waals surface area (Å²) >= 11 is 1.61. The first-order valence-electron chi connectivity index (χ1n) is 7.43. The third-order valence-corrected chi connectivity index (χ3v) is 4.93. The molecule has 0 bridgehead atoms. The minimum absolute atomic E-state index is 0.0242. The van der Waals surface area contributed by atoms with Crippen molar-refractivity contribution in [3.8, 4) is 0 Å². The molecule has 1 aromatic carbocycles. The van der Waals surface area contributed by atoms with Gasteiger partial charge in [0.15, 0.2) is 0 Å². The molecule has 1 amide bonds. The van der Waals surface area contributed by atoms with Gasteiger partial charge in [-0.2, -0.15) is 0 Å². The van der Waals surface area contributed by atoms with Crippen LogP contribution in [0.3, 0.4) is 0 Å². The van der Waals surface area contributed by atoms with E-state index < -0.39 is 0 Å². The van der Waals surface area contributed by atoms with Crippen molar-refractivity contribution in [2.24, 2.45) is 0 Å². The van der Waals surface area contributed by atoms with Crippen LogP contribution in [0.2, 0.25) is 0 Å². The van der Waals surface area contributed by atoms with Gasteiger partial charge in [-0.1, -0.05) is 12.1 Å². The molecule has 1 aliphatic heterocycles. The Balaban J connectivity index is 1.53. The molecule has 4 rings (SSSR count). The minimum Gasteiger partial charge on any atom is -0.370 e. The largest absolute Gasteiger partial charge is 0.370 e. The van der Waals surface area contributed by atoms with Crippen molar-refractivity contribution in [2.75, 3.05) is 19.7 Å². The maximum Gasteiger partial charge on any atom is 0.270 e. The van der Waals surface area contributed by atoms with Crippen molar-refractivity contribution in [3.63, 3.8) is 0 Å². The number of nitrogens with zero attached hydrogens (tertiary/aromatic N) is 1. The summed E-state index contributed by atoms with van der Waals surface area (Å²) < 4.78 is 19.9. The molecule has 4 nitrogen and oxygen atoms in total. The topological polar surface area (TPSA) is 45.3 Å². The predicted molar refractivity (Wildman–Crippen MR) is 87.2 cm³/mol. The van der Waals surface area contributed by atoms with E-state index in [4.69, 9.17) is 4.74 Å². The fourth-order valence-electron chi connectivity index (χ4n) is 2.85. The predicted octanol–water partition coefficient (Wildman–Crippen LogP) is 3.58. The molecule has 0 unspecified atom stereocenters. The van der Waals surface area contributed by atoms with Crippen LogP contribution in [-0.2, 0) is 4.74 Å². The highest BCUT2D eigenvalue weighted by Gasteiger charge is 2.27. The number of carbonyl (C=O) groups is 1. The van der Waals surface area contributed by atoms with E-state index in [0.29, 0.717) is 25.4 Å².